The second-order valence-electron chi connectivity index (χ2n) is 4.54. The van der Waals surface area contributed by atoms with E-state index in [1.54, 1.807) is 25.3 Å². The summed E-state index contributed by atoms with van der Waals surface area (Å²) in [7, 11) is -1.86. The molecule has 0 aliphatic carbocycles. The summed E-state index contributed by atoms with van der Waals surface area (Å²) in [5.74, 6) is 0.687. The van der Waals surface area contributed by atoms with Crippen LogP contribution in [-0.4, -0.2) is 39.0 Å². The molecule has 1 aromatic rings. The maximum atomic E-state index is 12.4. The molecule has 100 valence electrons. The number of benzene rings is 1. The van der Waals surface area contributed by atoms with Gasteiger partial charge in [-0.3, -0.25) is 0 Å². The van der Waals surface area contributed by atoms with Gasteiger partial charge in [-0.2, -0.15) is 4.31 Å². The minimum Gasteiger partial charge on any atom is -0.496 e. The van der Waals surface area contributed by atoms with E-state index in [0.717, 1.165) is 5.56 Å². The molecule has 5 nitrogen and oxygen atoms in total. The number of methoxy groups -OCH3 is 1. The Morgan fingerprint density at radius 1 is 1.44 bits per heavy atom. The Hall–Kier alpha value is -1.11. The Balaban J connectivity index is 2.33. The Morgan fingerprint density at radius 2 is 2.17 bits per heavy atom. The van der Waals surface area contributed by atoms with Gasteiger partial charge in [-0.05, 0) is 37.1 Å². The van der Waals surface area contributed by atoms with Crippen LogP contribution in [0.4, 0.5) is 0 Å². The van der Waals surface area contributed by atoms with Crippen LogP contribution < -0.4 is 10.5 Å². The number of aryl methyl sites for hydroxylation is 1. The molecule has 1 heterocycles. The highest BCUT2D eigenvalue weighted by atomic mass is 32.2. The topological polar surface area (TPSA) is 72.6 Å². The highest BCUT2D eigenvalue weighted by Gasteiger charge is 2.31. The molecule has 2 N–H and O–H groups in total. The number of rotatable bonds is 3. The second-order valence-corrected chi connectivity index (χ2v) is 6.48. The van der Waals surface area contributed by atoms with Crippen LogP contribution >= 0.6 is 0 Å². The number of hydrogen-bond donors (Lipinski definition) is 1. The highest BCUT2D eigenvalue weighted by Crippen LogP contribution is 2.25. The van der Waals surface area contributed by atoms with Gasteiger partial charge in [0.05, 0.1) is 12.0 Å². The quantitative estimate of drug-likeness (QED) is 0.878. The zero-order valence-electron chi connectivity index (χ0n) is 10.6. The fourth-order valence-corrected chi connectivity index (χ4v) is 3.73. The van der Waals surface area contributed by atoms with E-state index in [9.17, 15) is 8.42 Å². The molecule has 18 heavy (non-hydrogen) atoms. The van der Waals surface area contributed by atoms with Crippen LogP contribution in [0.25, 0.3) is 0 Å². The lowest BCUT2D eigenvalue weighted by atomic mass is 10.2. The molecule has 0 aromatic heterocycles. The number of nitrogens with zero attached hydrogens (tertiary/aromatic N) is 1. The van der Waals surface area contributed by atoms with Crippen molar-refractivity contribution in [3.05, 3.63) is 23.8 Å². The minimum atomic E-state index is -3.42. The van der Waals surface area contributed by atoms with Crippen LogP contribution in [0.1, 0.15) is 12.0 Å². The summed E-state index contributed by atoms with van der Waals surface area (Å²) < 4.78 is 31.3. The van der Waals surface area contributed by atoms with E-state index >= 15 is 0 Å². The lowest BCUT2D eigenvalue weighted by Crippen LogP contribution is -2.32. The second kappa shape index (κ2) is 4.87. The monoisotopic (exact) mass is 270 g/mol. The van der Waals surface area contributed by atoms with Gasteiger partial charge in [0, 0.05) is 19.1 Å². The molecule has 0 unspecified atom stereocenters. The number of hydrogen-bond acceptors (Lipinski definition) is 4. The van der Waals surface area contributed by atoms with Crippen molar-refractivity contribution in [1.29, 1.82) is 0 Å². The summed E-state index contributed by atoms with van der Waals surface area (Å²) >= 11 is 0. The van der Waals surface area contributed by atoms with E-state index in [2.05, 4.69) is 0 Å². The van der Waals surface area contributed by atoms with Crippen LogP contribution in [-0.2, 0) is 10.0 Å². The van der Waals surface area contributed by atoms with Gasteiger partial charge in [0.1, 0.15) is 5.75 Å². The van der Waals surface area contributed by atoms with E-state index in [1.807, 2.05) is 6.92 Å². The molecule has 0 amide bonds. The lowest BCUT2D eigenvalue weighted by molar-refractivity contribution is 0.411. The van der Waals surface area contributed by atoms with Gasteiger partial charge in [0.2, 0.25) is 10.0 Å². The Kier molecular flexibility index (Phi) is 3.61. The van der Waals surface area contributed by atoms with Crippen LogP contribution in [0, 0.1) is 6.92 Å². The maximum absolute atomic E-state index is 12.4. The molecule has 0 bridgehead atoms. The molecule has 0 saturated carbocycles. The molecule has 0 spiro atoms. The third kappa shape index (κ3) is 2.36. The molecule has 1 saturated heterocycles. The standard InChI is InChI=1S/C12H18N2O3S/c1-9-7-11(3-4-12(9)17-2)18(15,16)14-6-5-10(13)8-14/h3-4,7,10H,5-6,8,13H2,1-2H3/t10-/m1/s1. The molecule has 1 aliphatic heterocycles. The summed E-state index contributed by atoms with van der Waals surface area (Å²) in [5, 5.41) is 0. The van der Waals surface area contributed by atoms with Crippen molar-refractivity contribution in [3.8, 4) is 5.75 Å². The Labute approximate surface area is 108 Å². The fraction of sp³-hybridized carbons (Fsp3) is 0.500. The molecular formula is C12H18N2O3S. The van der Waals surface area contributed by atoms with Crippen LogP contribution in [0.5, 0.6) is 5.75 Å². The summed E-state index contributed by atoms with van der Waals surface area (Å²) in [6, 6.07) is 4.83. The first-order valence-corrected chi connectivity index (χ1v) is 7.29. The minimum absolute atomic E-state index is 0.0564. The van der Waals surface area contributed by atoms with E-state index in [-0.39, 0.29) is 6.04 Å². The van der Waals surface area contributed by atoms with Crippen LogP contribution in [0.2, 0.25) is 0 Å². The van der Waals surface area contributed by atoms with Gasteiger partial charge in [-0.1, -0.05) is 0 Å². The average Bonchev–Trinajstić information content (AvgIpc) is 2.76. The lowest BCUT2D eigenvalue weighted by Gasteiger charge is -2.16. The Morgan fingerprint density at radius 3 is 2.67 bits per heavy atom. The predicted molar refractivity (Wildman–Crippen MR) is 69.1 cm³/mol. The molecular weight excluding hydrogens is 252 g/mol. The van der Waals surface area contributed by atoms with Crippen molar-refractivity contribution < 1.29 is 13.2 Å². The molecule has 1 fully saturated rings. The highest BCUT2D eigenvalue weighted by molar-refractivity contribution is 7.89. The molecule has 1 aromatic carbocycles. The SMILES string of the molecule is COc1ccc(S(=O)(=O)N2CC[C@@H](N)C2)cc1C. The largest absolute Gasteiger partial charge is 0.496 e. The predicted octanol–water partition coefficient (Wildman–Crippen LogP) is 0.725. The zero-order chi connectivity index (χ0) is 13.3. The van der Waals surface area contributed by atoms with Crippen molar-refractivity contribution >= 4 is 10.0 Å². The first kappa shape index (κ1) is 13.3. The van der Waals surface area contributed by atoms with Crippen LogP contribution in [0.15, 0.2) is 23.1 Å². The summed E-state index contributed by atoms with van der Waals surface area (Å²) in [6.45, 7) is 2.72. The van der Waals surface area contributed by atoms with Crippen molar-refractivity contribution in [3.63, 3.8) is 0 Å². The third-order valence-corrected chi connectivity index (χ3v) is 5.05. The number of ether oxygens (including phenoxy) is 1. The van der Waals surface area contributed by atoms with E-state index in [4.69, 9.17) is 10.5 Å². The summed E-state index contributed by atoms with van der Waals surface area (Å²) in [4.78, 5) is 0.301. The molecule has 1 aliphatic rings. The van der Waals surface area contributed by atoms with Crippen molar-refractivity contribution in [2.24, 2.45) is 5.73 Å². The van der Waals surface area contributed by atoms with Gasteiger partial charge in [-0.25, -0.2) is 8.42 Å². The van der Waals surface area contributed by atoms with Gasteiger partial charge in [0.15, 0.2) is 0 Å². The van der Waals surface area contributed by atoms with Gasteiger partial charge in [0.25, 0.3) is 0 Å². The summed E-state index contributed by atoms with van der Waals surface area (Å²) in [5.41, 5.74) is 6.56. The zero-order valence-corrected chi connectivity index (χ0v) is 11.4. The first-order chi connectivity index (χ1) is 8.45. The van der Waals surface area contributed by atoms with Gasteiger partial charge >= 0.3 is 0 Å². The van der Waals surface area contributed by atoms with Crippen molar-refractivity contribution in [2.75, 3.05) is 20.2 Å². The average molecular weight is 270 g/mol. The number of sulfonamides is 1. The smallest absolute Gasteiger partial charge is 0.243 e. The third-order valence-electron chi connectivity index (χ3n) is 3.19. The first-order valence-electron chi connectivity index (χ1n) is 5.85. The maximum Gasteiger partial charge on any atom is 0.243 e. The van der Waals surface area contributed by atoms with Gasteiger partial charge < -0.3 is 10.5 Å². The number of nitrogens with two attached hydrogens (primary N) is 1. The molecule has 0 radical (unpaired) electrons. The van der Waals surface area contributed by atoms with E-state index < -0.39 is 10.0 Å². The van der Waals surface area contributed by atoms with E-state index in [1.165, 1.54) is 4.31 Å². The van der Waals surface area contributed by atoms with E-state index in [0.29, 0.717) is 30.2 Å². The fourth-order valence-electron chi connectivity index (χ4n) is 2.13. The van der Waals surface area contributed by atoms with Crippen molar-refractivity contribution in [1.82, 2.24) is 4.31 Å². The molecule has 6 heteroatoms. The van der Waals surface area contributed by atoms with Crippen LogP contribution in [0.3, 0.4) is 0 Å². The van der Waals surface area contributed by atoms with Crippen molar-refractivity contribution in [2.45, 2.75) is 24.3 Å². The molecule has 1 atom stereocenters. The normalized spacial score (nSPS) is 21.2. The summed E-state index contributed by atoms with van der Waals surface area (Å²) in [6.07, 6.45) is 0.717. The molecule has 2 rings (SSSR count). The Bertz CT molecular complexity index is 542. The van der Waals surface area contributed by atoms with Gasteiger partial charge in [-0.15, -0.1) is 0 Å².